The number of carbonyl (C=O) groups excluding carboxylic acids is 1. The molecule has 0 saturated heterocycles. The highest BCUT2D eigenvalue weighted by Crippen LogP contribution is 2.13. The zero-order valence-corrected chi connectivity index (χ0v) is 10.9. The summed E-state index contributed by atoms with van der Waals surface area (Å²) < 4.78 is 0. The molecule has 1 atom stereocenters. The first-order valence-corrected chi connectivity index (χ1v) is 6.25. The fourth-order valence-corrected chi connectivity index (χ4v) is 1.81. The molecule has 0 aliphatic heterocycles. The predicted molar refractivity (Wildman–Crippen MR) is 72.0 cm³/mol. The maximum Gasteiger partial charge on any atom is 0.251 e. The van der Waals surface area contributed by atoms with Gasteiger partial charge < -0.3 is 11.1 Å². The molecule has 0 aromatic heterocycles. The molecule has 3 nitrogen and oxygen atoms in total. The SMILES string of the molecule is CCCC(CC)NC(=O)c1ccc(N)c(C)c1. The van der Waals surface area contributed by atoms with Crippen molar-refractivity contribution in [3.8, 4) is 0 Å². The maximum absolute atomic E-state index is 12.0. The van der Waals surface area contributed by atoms with Crippen LogP contribution >= 0.6 is 0 Å². The smallest absolute Gasteiger partial charge is 0.251 e. The maximum atomic E-state index is 12.0. The number of carbonyl (C=O) groups is 1. The van der Waals surface area contributed by atoms with E-state index >= 15 is 0 Å². The third-order valence-electron chi connectivity index (χ3n) is 3.00. The quantitative estimate of drug-likeness (QED) is 0.770. The van der Waals surface area contributed by atoms with Crippen LogP contribution in [-0.4, -0.2) is 11.9 Å². The Kier molecular flexibility index (Phi) is 5.01. The van der Waals surface area contributed by atoms with Gasteiger partial charge >= 0.3 is 0 Å². The lowest BCUT2D eigenvalue weighted by Crippen LogP contribution is -2.34. The van der Waals surface area contributed by atoms with Crippen molar-refractivity contribution in [2.45, 2.75) is 46.1 Å². The Labute approximate surface area is 103 Å². The van der Waals surface area contributed by atoms with Gasteiger partial charge in [0.15, 0.2) is 0 Å². The Balaban J connectivity index is 2.72. The average Bonchev–Trinajstić information content (AvgIpc) is 2.31. The average molecular weight is 234 g/mol. The van der Waals surface area contributed by atoms with Crippen LogP contribution in [0.5, 0.6) is 0 Å². The number of nitrogens with one attached hydrogen (secondary N) is 1. The summed E-state index contributed by atoms with van der Waals surface area (Å²) in [7, 11) is 0. The number of hydrogen-bond donors (Lipinski definition) is 2. The number of amides is 1. The second-order valence-electron chi connectivity index (χ2n) is 4.44. The molecule has 0 fully saturated rings. The van der Waals surface area contributed by atoms with E-state index in [4.69, 9.17) is 5.73 Å². The van der Waals surface area contributed by atoms with E-state index in [0.29, 0.717) is 5.56 Å². The van der Waals surface area contributed by atoms with Gasteiger partial charge in [0.25, 0.3) is 5.91 Å². The minimum absolute atomic E-state index is 0.00611. The van der Waals surface area contributed by atoms with Crippen molar-refractivity contribution in [1.29, 1.82) is 0 Å². The molecular formula is C14H22N2O. The summed E-state index contributed by atoms with van der Waals surface area (Å²) in [6.07, 6.45) is 3.07. The van der Waals surface area contributed by atoms with Crippen LogP contribution in [0.15, 0.2) is 18.2 Å². The van der Waals surface area contributed by atoms with Crippen molar-refractivity contribution in [3.05, 3.63) is 29.3 Å². The third-order valence-corrected chi connectivity index (χ3v) is 3.00. The molecule has 0 radical (unpaired) electrons. The molecule has 1 amide bonds. The van der Waals surface area contributed by atoms with Gasteiger partial charge in [0.1, 0.15) is 0 Å². The number of rotatable bonds is 5. The van der Waals surface area contributed by atoms with Crippen molar-refractivity contribution in [2.24, 2.45) is 0 Å². The number of benzene rings is 1. The van der Waals surface area contributed by atoms with E-state index in [1.165, 1.54) is 0 Å². The molecular weight excluding hydrogens is 212 g/mol. The van der Waals surface area contributed by atoms with Crippen LogP contribution in [0.25, 0.3) is 0 Å². The van der Waals surface area contributed by atoms with E-state index in [9.17, 15) is 4.79 Å². The molecule has 0 spiro atoms. The van der Waals surface area contributed by atoms with Crippen molar-refractivity contribution >= 4 is 11.6 Å². The number of nitrogen functional groups attached to an aromatic ring is 1. The molecule has 3 N–H and O–H groups in total. The van der Waals surface area contributed by atoms with Crippen molar-refractivity contribution in [2.75, 3.05) is 5.73 Å². The molecule has 0 aliphatic rings. The monoisotopic (exact) mass is 234 g/mol. The summed E-state index contributed by atoms with van der Waals surface area (Å²) in [6, 6.07) is 5.66. The molecule has 0 bridgehead atoms. The molecule has 0 aliphatic carbocycles. The lowest BCUT2D eigenvalue weighted by atomic mass is 10.1. The van der Waals surface area contributed by atoms with Gasteiger partial charge in [-0.2, -0.15) is 0 Å². The van der Waals surface area contributed by atoms with E-state index in [0.717, 1.165) is 30.5 Å². The highest BCUT2D eigenvalue weighted by Gasteiger charge is 2.11. The molecule has 1 unspecified atom stereocenters. The Morgan fingerprint density at radius 1 is 1.41 bits per heavy atom. The summed E-state index contributed by atoms with van der Waals surface area (Å²) in [6.45, 7) is 6.13. The van der Waals surface area contributed by atoms with Crippen molar-refractivity contribution < 1.29 is 4.79 Å². The summed E-state index contributed by atoms with van der Waals surface area (Å²) in [5, 5.41) is 3.05. The van der Waals surface area contributed by atoms with E-state index in [1.54, 1.807) is 12.1 Å². The van der Waals surface area contributed by atoms with Crippen LogP contribution in [-0.2, 0) is 0 Å². The van der Waals surface area contributed by atoms with Gasteiger partial charge in [-0.25, -0.2) is 0 Å². The van der Waals surface area contributed by atoms with Crippen LogP contribution in [0.2, 0.25) is 0 Å². The molecule has 1 aromatic rings. The minimum atomic E-state index is -0.00611. The van der Waals surface area contributed by atoms with Crippen LogP contribution in [0.1, 0.15) is 49.0 Å². The predicted octanol–water partition coefficient (Wildman–Crippen LogP) is 2.89. The highest BCUT2D eigenvalue weighted by atomic mass is 16.1. The number of aryl methyl sites for hydroxylation is 1. The van der Waals surface area contributed by atoms with Crippen LogP contribution in [0.4, 0.5) is 5.69 Å². The van der Waals surface area contributed by atoms with E-state index in [-0.39, 0.29) is 11.9 Å². The van der Waals surface area contributed by atoms with E-state index in [2.05, 4.69) is 19.2 Å². The normalized spacial score (nSPS) is 12.2. The summed E-state index contributed by atoms with van der Waals surface area (Å²) in [5.74, 6) is -0.00611. The topological polar surface area (TPSA) is 55.1 Å². The standard InChI is InChI=1S/C14H22N2O/c1-4-6-12(5-2)16-14(17)11-7-8-13(15)10(3)9-11/h7-9,12H,4-6,15H2,1-3H3,(H,16,17). The molecule has 1 rings (SSSR count). The molecule has 3 heteroatoms. The zero-order chi connectivity index (χ0) is 12.8. The van der Waals surface area contributed by atoms with E-state index in [1.807, 2.05) is 13.0 Å². The summed E-state index contributed by atoms with van der Waals surface area (Å²) in [5.41, 5.74) is 8.09. The lowest BCUT2D eigenvalue weighted by molar-refractivity contribution is 0.0933. The van der Waals surface area contributed by atoms with Gasteiger partial charge in [0.05, 0.1) is 0 Å². The highest BCUT2D eigenvalue weighted by molar-refractivity contribution is 5.95. The zero-order valence-electron chi connectivity index (χ0n) is 10.9. The van der Waals surface area contributed by atoms with E-state index < -0.39 is 0 Å². The Morgan fingerprint density at radius 2 is 2.12 bits per heavy atom. The molecule has 0 saturated carbocycles. The van der Waals surface area contributed by atoms with Gasteiger partial charge in [-0.1, -0.05) is 20.3 Å². The third kappa shape index (κ3) is 3.77. The number of hydrogen-bond acceptors (Lipinski definition) is 2. The van der Waals surface area contributed by atoms with Gasteiger partial charge in [0, 0.05) is 17.3 Å². The first kappa shape index (κ1) is 13.6. The van der Waals surface area contributed by atoms with Crippen LogP contribution in [0.3, 0.4) is 0 Å². The summed E-state index contributed by atoms with van der Waals surface area (Å²) in [4.78, 5) is 12.0. The fourth-order valence-electron chi connectivity index (χ4n) is 1.81. The Bertz CT molecular complexity index is 388. The second-order valence-corrected chi connectivity index (χ2v) is 4.44. The largest absolute Gasteiger partial charge is 0.399 e. The molecule has 1 aromatic carbocycles. The number of anilines is 1. The Hall–Kier alpha value is -1.51. The van der Waals surface area contributed by atoms with Gasteiger partial charge in [-0.3, -0.25) is 4.79 Å². The lowest BCUT2D eigenvalue weighted by Gasteiger charge is -2.16. The minimum Gasteiger partial charge on any atom is -0.399 e. The van der Waals surface area contributed by atoms with Gasteiger partial charge in [-0.15, -0.1) is 0 Å². The molecule has 94 valence electrons. The number of nitrogens with two attached hydrogens (primary N) is 1. The van der Waals surface area contributed by atoms with Crippen molar-refractivity contribution in [3.63, 3.8) is 0 Å². The molecule has 0 heterocycles. The molecule has 17 heavy (non-hydrogen) atoms. The van der Waals surface area contributed by atoms with Crippen LogP contribution in [0, 0.1) is 6.92 Å². The summed E-state index contributed by atoms with van der Waals surface area (Å²) >= 11 is 0. The first-order valence-electron chi connectivity index (χ1n) is 6.25. The van der Waals surface area contributed by atoms with Gasteiger partial charge in [-0.05, 0) is 43.5 Å². The fraction of sp³-hybridized carbons (Fsp3) is 0.500. The van der Waals surface area contributed by atoms with Gasteiger partial charge in [0.2, 0.25) is 0 Å². The second kappa shape index (κ2) is 6.28. The van der Waals surface area contributed by atoms with Crippen LogP contribution < -0.4 is 11.1 Å². The Morgan fingerprint density at radius 3 is 2.65 bits per heavy atom. The van der Waals surface area contributed by atoms with Crippen molar-refractivity contribution in [1.82, 2.24) is 5.32 Å². The first-order chi connectivity index (χ1) is 8.08.